The van der Waals surface area contributed by atoms with Crippen LogP contribution in [0.5, 0.6) is 0 Å². The van der Waals surface area contributed by atoms with Crippen LogP contribution in [0.2, 0.25) is 5.02 Å². The van der Waals surface area contributed by atoms with Gasteiger partial charge in [0.1, 0.15) is 12.6 Å². The van der Waals surface area contributed by atoms with Crippen molar-refractivity contribution in [1.29, 1.82) is 0 Å². The van der Waals surface area contributed by atoms with Crippen molar-refractivity contribution >= 4 is 55.1 Å². The van der Waals surface area contributed by atoms with E-state index in [4.69, 9.17) is 11.6 Å². The lowest BCUT2D eigenvalue weighted by atomic mass is 10.0. The predicted octanol–water partition coefficient (Wildman–Crippen LogP) is 7.31. The molecule has 10 heteroatoms. The SMILES string of the molecule is Cc1ccc(N(CC(=O)N(Cc2cccc(Br)c2)[C@H](Cc2ccccc2)C(=O)NC2CCCC2)S(=O)(=O)c2ccccc2)cc1Cl. The monoisotopic (exact) mass is 721 g/mol. The van der Waals surface area contributed by atoms with E-state index in [1.807, 2.05) is 61.5 Å². The van der Waals surface area contributed by atoms with Crippen LogP contribution in [-0.2, 0) is 32.6 Å². The minimum atomic E-state index is -4.20. The summed E-state index contributed by atoms with van der Waals surface area (Å²) in [5.41, 5.74) is 2.72. The second-order valence-electron chi connectivity index (χ2n) is 11.6. The first kappa shape index (κ1) is 33.7. The van der Waals surface area contributed by atoms with Gasteiger partial charge >= 0.3 is 0 Å². The molecule has 1 atom stereocenters. The number of benzene rings is 4. The van der Waals surface area contributed by atoms with Gasteiger partial charge < -0.3 is 10.2 Å². The first-order valence-electron chi connectivity index (χ1n) is 15.3. The average molecular weight is 723 g/mol. The van der Waals surface area contributed by atoms with Crippen molar-refractivity contribution in [3.8, 4) is 0 Å². The number of rotatable bonds is 12. The van der Waals surface area contributed by atoms with Crippen molar-refractivity contribution in [2.24, 2.45) is 0 Å². The Labute approximate surface area is 284 Å². The van der Waals surface area contributed by atoms with Gasteiger partial charge in [-0.05, 0) is 72.9 Å². The summed E-state index contributed by atoms with van der Waals surface area (Å²) in [5, 5.41) is 3.57. The molecule has 7 nitrogen and oxygen atoms in total. The van der Waals surface area contributed by atoms with Gasteiger partial charge in [0.05, 0.1) is 10.6 Å². The zero-order valence-electron chi connectivity index (χ0n) is 25.6. The maximum atomic E-state index is 14.6. The number of nitrogens with one attached hydrogen (secondary N) is 1. The van der Waals surface area contributed by atoms with Crippen LogP contribution in [-0.4, -0.2) is 43.8 Å². The molecule has 0 spiro atoms. The van der Waals surface area contributed by atoms with Gasteiger partial charge in [-0.15, -0.1) is 0 Å². The van der Waals surface area contributed by atoms with Gasteiger partial charge in [-0.25, -0.2) is 8.42 Å². The summed E-state index contributed by atoms with van der Waals surface area (Å²) in [5.74, 6) is -0.770. The van der Waals surface area contributed by atoms with Crippen LogP contribution in [0.15, 0.2) is 112 Å². The van der Waals surface area contributed by atoms with Gasteiger partial charge in [-0.2, -0.15) is 0 Å². The second-order valence-corrected chi connectivity index (χ2v) is 14.8. The lowest BCUT2D eigenvalue weighted by Gasteiger charge is -2.34. The second kappa shape index (κ2) is 15.3. The first-order chi connectivity index (χ1) is 22.1. The molecular weight excluding hydrogens is 686 g/mol. The zero-order valence-corrected chi connectivity index (χ0v) is 28.8. The summed E-state index contributed by atoms with van der Waals surface area (Å²) in [7, 11) is -4.20. The van der Waals surface area contributed by atoms with E-state index in [0.29, 0.717) is 5.02 Å². The number of nitrogens with zero attached hydrogens (tertiary/aromatic N) is 2. The third-order valence-corrected chi connectivity index (χ3v) is 11.0. The molecule has 0 bridgehead atoms. The molecular formula is C36H37BrClN3O4S. The smallest absolute Gasteiger partial charge is 0.264 e. The number of hydrogen-bond donors (Lipinski definition) is 1. The maximum absolute atomic E-state index is 14.6. The fourth-order valence-corrected chi connectivity index (χ4v) is 7.79. The molecule has 1 saturated carbocycles. The fraction of sp³-hybridized carbons (Fsp3) is 0.278. The summed E-state index contributed by atoms with van der Waals surface area (Å²) in [6.07, 6.45) is 4.13. The Bertz CT molecular complexity index is 1770. The standard InChI is InChI=1S/C36H37BrClN3O4S/c1-26-19-20-31(23-33(26)38)41(46(44,45)32-17-6-3-7-18-32)25-35(42)40(24-28-13-10-14-29(37)21-28)34(22-27-11-4-2-5-12-27)36(43)39-30-15-8-9-16-30/h2-7,10-14,17-21,23,30,34H,8-9,15-16,22,24-25H2,1H3,(H,39,43)/t34-/m1/s1. The molecule has 5 rings (SSSR count). The highest BCUT2D eigenvalue weighted by molar-refractivity contribution is 9.10. The highest BCUT2D eigenvalue weighted by Crippen LogP contribution is 2.29. The van der Waals surface area contributed by atoms with E-state index in [0.717, 1.165) is 51.2 Å². The van der Waals surface area contributed by atoms with Gasteiger partial charge in [-0.1, -0.05) is 107 Å². The topological polar surface area (TPSA) is 86.8 Å². The molecule has 4 aromatic rings. The van der Waals surface area contributed by atoms with Crippen molar-refractivity contribution in [2.75, 3.05) is 10.8 Å². The molecule has 0 radical (unpaired) electrons. The number of aryl methyl sites for hydroxylation is 1. The van der Waals surface area contributed by atoms with Crippen molar-refractivity contribution in [2.45, 2.75) is 62.6 Å². The highest BCUT2D eigenvalue weighted by atomic mass is 79.9. The summed E-state index contributed by atoms with van der Waals surface area (Å²) in [4.78, 5) is 30.3. The number of carbonyl (C=O) groups excluding carboxylic acids is 2. The van der Waals surface area contributed by atoms with E-state index < -0.39 is 28.5 Å². The lowest BCUT2D eigenvalue weighted by molar-refractivity contribution is -0.140. The normalized spacial score (nSPS) is 14.1. The molecule has 0 unspecified atom stereocenters. The van der Waals surface area contributed by atoms with Crippen molar-refractivity contribution in [3.63, 3.8) is 0 Å². The van der Waals surface area contributed by atoms with Crippen LogP contribution < -0.4 is 9.62 Å². The minimum absolute atomic E-state index is 0.0397. The number of sulfonamides is 1. The Balaban J connectivity index is 1.57. The van der Waals surface area contributed by atoms with Gasteiger partial charge in [-0.3, -0.25) is 13.9 Å². The first-order valence-corrected chi connectivity index (χ1v) is 17.9. The Kier molecular flexibility index (Phi) is 11.2. The Morgan fingerprint density at radius 3 is 2.20 bits per heavy atom. The summed E-state index contributed by atoms with van der Waals surface area (Å²) < 4.78 is 30.2. The van der Waals surface area contributed by atoms with Crippen molar-refractivity contribution in [1.82, 2.24) is 10.2 Å². The van der Waals surface area contributed by atoms with E-state index in [1.54, 1.807) is 36.4 Å². The molecule has 0 aromatic heterocycles. The van der Waals surface area contributed by atoms with Crippen LogP contribution in [0.1, 0.15) is 42.4 Å². The van der Waals surface area contributed by atoms with Gasteiger partial charge in [0.15, 0.2) is 0 Å². The number of carbonyl (C=O) groups is 2. The van der Waals surface area contributed by atoms with Crippen LogP contribution in [0, 0.1) is 6.92 Å². The van der Waals surface area contributed by atoms with Crippen molar-refractivity contribution in [3.05, 3.63) is 129 Å². The van der Waals surface area contributed by atoms with Crippen LogP contribution >= 0.6 is 27.5 Å². The van der Waals surface area contributed by atoms with E-state index in [1.165, 1.54) is 17.0 Å². The third-order valence-electron chi connectivity index (χ3n) is 8.27. The number of halogens is 2. The largest absolute Gasteiger partial charge is 0.352 e. The van der Waals surface area contributed by atoms with Gasteiger partial charge in [0, 0.05) is 28.5 Å². The molecule has 46 heavy (non-hydrogen) atoms. The number of hydrogen-bond acceptors (Lipinski definition) is 4. The van der Waals surface area contributed by atoms with Crippen molar-refractivity contribution < 1.29 is 18.0 Å². The van der Waals surface area contributed by atoms with E-state index >= 15 is 0 Å². The molecule has 0 aliphatic heterocycles. The third kappa shape index (κ3) is 8.37. The fourth-order valence-electron chi connectivity index (χ4n) is 5.74. The van der Waals surface area contributed by atoms with E-state index in [-0.39, 0.29) is 35.5 Å². The molecule has 240 valence electrons. The molecule has 1 aliphatic carbocycles. The molecule has 1 fully saturated rings. The average Bonchev–Trinajstić information content (AvgIpc) is 3.56. The maximum Gasteiger partial charge on any atom is 0.264 e. The van der Waals surface area contributed by atoms with Crippen LogP contribution in [0.3, 0.4) is 0 Å². The van der Waals surface area contributed by atoms with Gasteiger partial charge in [0.2, 0.25) is 11.8 Å². The molecule has 4 aromatic carbocycles. The minimum Gasteiger partial charge on any atom is -0.352 e. The highest BCUT2D eigenvalue weighted by Gasteiger charge is 2.35. The quantitative estimate of drug-likeness (QED) is 0.166. The molecule has 0 saturated heterocycles. The Morgan fingerprint density at radius 2 is 1.54 bits per heavy atom. The summed E-state index contributed by atoms with van der Waals surface area (Å²) in [6.45, 7) is 1.39. The molecule has 0 heterocycles. The number of anilines is 1. The molecule has 1 aliphatic rings. The van der Waals surface area contributed by atoms with Crippen LogP contribution in [0.4, 0.5) is 5.69 Å². The van der Waals surface area contributed by atoms with E-state index in [9.17, 15) is 18.0 Å². The predicted molar refractivity (Wildman–Crippen MR) is 186 cm³/mol. The Morgan fingerprint density at radius 1 is 0.891 bits per heavy atom. The molecule has 1 N–H and O–H groups in total. The lowest BCUT2D eigenvalue weighted by Crippen LogP contribution is -2.54. The van der Waals surface area contributed by atoms with Crippen LogP contribution in [0.25, 0.3) is 0 Å². The van der Waals surface area contributed by atoms with Gasteiger partial charge in [0.25, 0.3) is 10.0 Å². The zero-order chi connectivity index (χ0) is 32.7. The number of amides is 2. The Hall–Kier alpha value is -3.66. The molecule has 2 amide bonds. The summed E-state index contributed by atoms with van der Waals surface area (Å²) in [6, 6.07) is 29.2. The van der Waals surface area contributed by atoms with E-state index in [2.05, 4.69) is 21.2 Å². The summed E-state index contributed by atoms with van der Waals surface area (Å²) >= 11 is 9.98.